The molecular weight excluding hydrogens is 507 g/mol. The number of piperazine rings is 1. The van der Waals surface area contributed by atoms with Crippen LogP contribution in [0, 0.1) is 11.3 Å². The first kappa shape index (κ1) is 26.7. The number of carbonyl (C=O) groups excluding carboxylic acids is 1. The Morgan fingerprint density at radius 2 is 2.05 bits per heavy atom. The van der Waals surface area contributed by atoms with E-state index in [0.29, 0.717) is 45.2 Å². The van der Waals surface area contributed by atoms with E-state index in [1.807, 2.05) is 11.9 Å². The topological polar surface area (TPSA) is 85.6 Å². The first-order valence-corrected chi connectivity index (χ1v) is 14.4. The minimum Gasteiger partial charge on any atom is -0.462 e. The maximum absolute atomic E-state index is 14.0. The van der Waals surface area contributed by atoms with Gasteiger partial charge >= 0.3 is 6.01 Å². The largest absolute Gasteiger partial charge is 0.462 e. The second kappa shape index (κ2) is 10.8. The highest BCUT2D eigenvalue weighted by atomic mass is 19.1. The zero-order valence-electron chi connectivity index (χ0n) is 23.2. The Morgan fingerprint density at radius 3 is 2.83 bits per heavy atom. The number of hydrogen-bond acceptors (Lipinski definition) is 7. The van der Waals surface area contributed by atoms with E-state index in [-0.39, 0.29) is 29.8 Å². The second-order valence-corrected chi connectivity index (χ2v) is 11.8. The van der Waals surface area contributed by atoms with Crippen LogP contribution in [0.4, 0.5) is 10.2 Å². The van der Waals surface area contributed by atoms with Crippen molar-refractivity contribution >= 4 is 11.7 Å². The lowest BCUT2D eigenvalue weighted by molar-refractivity contribution is -0.128. The van der Waals surface area contributed by atoms with E-state index in [1.54, 1.807) is 4.90 Å². The third kappa shape index (κ3) is 4.83. The van der Waals surface area contributed by atoms with Gasteiger partial charge in [0.2, 0.25) is 5.91 Å². The lowest BCUT2D eigenvalue weighted by Crippen LogP contribution is -2.55. The molecular formula is C31H37FN6O2. The van der Waals surface area contributed by atoms with Gasteiger partial charge in [-0.05, 0) is 62.8 Å². The molecule has 4 atom stereocenters. The first-order chi connectivity index (χ1) is 19.4. The minimum atomic E-state index is -0.840. The number of hydrogen-bond donors (Lipinski definition) is 0. The highest BCUT2D eigenvalue weighted by molar-refractivity contribution is 5.87. The van der Waals surface area contributed by atoms with E-state index in [1.165, 1.54) is 17.2 Å². The predicted molar refractivity (Wildman–Crippen MR) is 150 cm³/mol. The number of aryl methyl sites for hydroxylation is 1. The van der Waals surface area contributed by atoms with Crippen LogP contribution >= 0.6 is 0 Å². The molecule has 2 saturated heterocycles. The molecule has 2 aliphatic carbocycles. The average Bonchev–Trinajstić information content (AvgIpc) is 3.49. The fourth-order valence-electron chi connectivity index (χ4n) is 7.32. The molecule has 3 heterocycles. The van der Waals surface area contributed by atoms with Crippen molar-refractivity contribution in [1.82, 2.24) is 19.8 Å². The van der Waals surface area contributed by atoms with Crippen molar-refractivity contribution in [1.29, 1.82) is 5.26 Å². The molecule has 2 aromatic rings. The lowest BCUT2D eigenvalue weighted by Gasteiger charge is -2.42. The van der Waals surface area contributed by atoms with Gasteiger partial charge in [0, 0.05) is 43.2 Å². The van der Waals surface area contributed by atoms with Gasteiger partial charge in [-0.3, -0.25) is 9.69 Å². The van der Waals surface area contributed by atoms with Gasteiger partial charge in [-0.2, -0.15) is 15.2 Å². The number of alkyl halides is 1. The molecule has 1 aromatic heterocycles. The molecule has 210 valence electrons. The van der Waals surface area contributed by atoms with Gasteiger partial charge in [0.25, 0.3) is 0 Å². The molecule has 9 heteroatoms. The Hall–Kier alpha value is -3.51. The van der Waals surface area contributed by atoms with Crippen molar-refractivity contribution in [3.63, 3.8) is 0 Å². The fraction of sp³-hybridized carbons (Fsp3) is 0.548. The number of anilines is 1. The number of halogens is 1. The zero-order valence-corrected chi connectivity index (χ0v) is 23.2. The van der Waals surface area contributed by atoms with E-state index in [2.05, 4.69) is 41.8 Å². The number of ether oxygens (including phenoxy) is 1. The van der Waals surface area contributed by atoms with Gasteiger partial charge in [-0.15, -0.1) is 0 Å². The number of aromatic nitrogens is 2. The van der Waals surface area contributed by atoms with Crippen molar-refractivity contribution in [2.75, 3.05) is 44.7 Å². The minimum absolute atomic E-state index is 0.0143. The van der Waals surface area contributed by atoms with Crippen LogP contribution in [-0.2, 0) is 29.5 Å². The first-order valence-electron chi connectivity index (χ1n) is 14.4. The van der Waals surface area contributed by atoms with Crippen molar-refractivity contribution in [2.24, 2.45) is 0 Å². The quantitative estimate of drug-likeness (QED) is 0.516. The summed E-state index contributed by atoms with van der Waals surface area (Å²) in [6, 6.07) is 11.1. The number of likely N-dealkylation sites (tertiary alicyclic amines) is 1. The Balaban J connectivity index is 1.33. The van der Waals surface area contributed by atoms with Crippen LogP contribution in [-0.4, -0.2) is 83.8 Å². The average molecular weight is 545 g/mol. The predicted octanol–water partition coefficient (Wildman–Crippen LogP) is 3.39. The molecule has 40 heavy (non-hydrogen) atoms. The summed E-state index contributed by atoms with van der Waals surface area (Å²) in [5.74, 6) is 0.695. The van der Waals surface area contributed by atoms with Gasteiger partial charge in [0.1, 0.15) is 18.6 Å². The normalized spacial score (nSPS) is 27.8. The van der Waals surface area contributed by atoms with E-state index < -0.39 is 6.17 Å². The molecule has 0 radical (unpaired) electrons. The Labute approximate surface area is 235 Å². The molecule has 2 fully saturated rings. The number of likely N-dealkylation sites (N-methyl/N-ethyl adjacent to an activating group) is 1. The third-order valence-corrected chi connectivity index (χ3v) is 9.48. The number of carbonyl (C=O) groups is 1. The molecule has 8 nitrogen and oxygen atoms in total. The van der Waals surface area contributed by atoms with E-state index in [0.717, 1.165) is 49.2 Å². The Morgan fingerprint density at radius 1 is 1.23 bits per heavy atom. The maximum Gasteiger partial charge on any atom is 0.318 e. The number of benzene rings is 1. The third-order valence-electron chi connectivity index (χ3n) is 9.48. The molecule has 1 spiro atoms. The molecule has 0 bridgehead atoms. The molecule has 1 aromatic carbocycles. The standard InChI is InChI=1S/C31H37FN6O2/c1-3-28(39)38-15-14-37(19-23(38)10-13-33)29-25-9-12-31(11-8-21-6-4-5-7-26(21)31)17-27(25)34-30(35-29)40-20-24-16-22(32)18-36(24)2/h3-7,22-24H,1,8-12,14-20H2,2H3/t22-,23+,24+,31+/m1/s1. The van der Waals surface area contributed by atoms with Crippen LogP contribution in [0.3, 0.4) is 0 Å². The summed E-state index contributed by atoms with van der Waals surface area (Å²) in [4.78, 5) is 28.3. The summed E-state index contributed by atoms with van der Waals surface area (Å²) < 4.78 is 20.2. The van der Waals surface area contributed by atoms with Crippen molar-refractivity contribution in [2.45, 2.75) is 68.6 Å². The lowest BCUT2D eigenvalue weighted by atomic mass is 9.69. The summed E-state index contributed by atoms with van der Waals surface area (Å²) in [6.45, 7) is 6.00. The molecule has 0 N–H and O–H groups in total. The summed E-state index contributed by atoms with van der Waals surface area (Å²) >= 11 is 0. The van der Waals surface area contributed by atoms with Gasteiger partial charge in [-0.1, -0.05) is 30.8 Å². The smallest absolute Gasteiger partial charge is 0.318 e. The van der Waals surface area contributed by atoms with Crippen LogP contribution in [0.15, 0.2) is 36.9 Å². The number of amides is 1. The molecule has 1 amide bonds. The summed E-state index contributed by atoms with van der Waals surface area (Å²) in [5, 5.41) is 9.49. The van der Waals surface area contributed by atoms with E-state index in [9.17, 15) is 14.4 Å². The highest BCUT2D eigenvalue weighted by Gasteiger charge is 2.43. The Bertz CT molecular complexity index is 1340. The van der Waals surface area contributed by atoms with Gasteiger partial charge in [0.15, 0.2) is 0 Å². The van der Waals surface area contributed by atoms with Gasteiger partial charge in [-0.25, -0.2) is 4.39 Å². The Kier molecular flexibility index (Phi) is 7.22. The van der Waals surface area contributed by atoms with Gasteiger partial charge < -0.3 is 14.5 Å². The monoisotopic (exact) mass is 544 g/mol. The number of rotatable bonds is 6. The number of nitriles is 1. The fourth-order valence-corrected chi connectivity index (χ4v) is 7.32. The second-order valence-electron chi connectivity index (χ2n) is 11.8. The molecule has 2 aliphatic heterocycles. The van der Waals surface area contributed by atoms with Crippen molar-refractivity contribution < 1.29 is 13.9 Å². The molecule has 0 saturated carbocycles. The van der Waals surface area contributed by atoms with E-state index >= 15 is 0 Å². The van der Waals surface area contributed by atoms with Crippen LogP contribution < -0.4 is 9.64 Å². The number of nitrogens with zero attached hydrogens (tertiary/aromatic N) is 6. The van der Waals surface area contributed by atoms with Gasteiger partial charge in [0.05, 0.1) is 24.2 Å². The van der Waals surface area contributed by atoms with Crippen molar-refractivity contribution in [3.05, 3.63) is 59.3 Å². The van der Waals surface area contributed by atoms with Crippen LogP contribution in [0.1, 0.15) is 48.1 Å². The molecule has 6 rings (SSSR count). The number of fused-ring (bicyclic) bond motifs is 3. The van der Waals surface area contributed by atoms with Crippen molar-refractivity contribution in [3.8, 4) is 12.1 Å². The van der Waals surface area contributed by atoms with Crippen LogP contribution in [0.5, 0.6) is 6.01 Å². The summed E-state index contributed by atoms with van der Waals surface area (Å²) in [5.41, 5.74) is 5.10. The molecule has 0 unspecified atom stereocenters. The zero-order chi connectivity index (χ0) is 27.9. The SMILES string of the molecule is C=CC(=O)N1CCN(c2nc(OC[C@@H]3C[C@@H](F)CN3C)nc3c2CC[C@@]2(CCc4ccccc42)C3)C[C@@H]1CC#N. The maximum atomic E-state index is 14.0. The molecule has 4 aliphatic rings. The summed E-state index contributed by atoms with van der Waals surface area (Å²) in [7, 11) is 1.92. The van der Waals surface area contributed by atoms with Crippen LogP contribution in [0.2, 0.25) is 0 Å². The van der Waals surface area contributed by atoms with E-state index in [4.69, 9.17) is 14.7 Å². The summed E-state index contributed by atoms with van der Waals surface area (Å²) in [6.07, 6.45) is 6.09. The van der Waals surface area contributed by atoms with Crippen LogP contribution in [0.25, 0.3) is 0 Å². The highest BCUT2D eigenvalue weighted by Crippen LogP contribution is 2.48.